The van der Waals surface area contributed by atoms with Gasteiger partial charge in [-0.1, -0.05) is 78.3 Å². The number of H-pyrrole nitrogens is 1. The lowest BCUT2D eigenvalue weighted by Gasteiger charge is -2.14. The molecule has 0 aliphatic rings. The molecule has 1 heterocycles. The number of rotatable bonds is 4. The number of aromatic nitrogens is 2. The zero-order valence-electron chi connectivity index (χ0n) is 16.1. The summed E-state index contributed by atoms with van der Waals surface area (Å²) in [6.07, 6.45) is 0. The fourth-order valence-corrected chi connectivity index (χ4v) is 3.40. The Balaban J connectivity index is 1.89. The number of carbonyl (C=O) groups is 1. The highest BCUT2D eigenvalue weighted by molar-refractivity contribution is 6.31. The predicted molar refractivity (Wildman–Crippen MR) is 120 cm³/mol. The Morgan fingerprint density at radius 2 is 1.57 bits per heavy atom. The van der Waals surface area contributed by atoms with Gasteiger partial charge < -0.3 is 5.32 Å². The molecule has 0 saturated heterocycles. The summed E-state index contributed by atoms with van der Waals surface area (Å²) in [6, 6.07) is 23.9. The number of nitrogens with zero attached hydrogens (tertiary/aromatic N) is 1. The summed E-state index contributed by atoms with van der Waals surface area (Å²) in [5.74, 6) is -0.533. The minimum atomic E-state index is -0.566. The van der Waals surface area contributed by atoms with Gasteiger partial charge in [0, 0.05) is 21.8 Å². The summed E-state index contributed by atoms with van der Waals surface area (Å²) in [5, 5.41) is 10.1. The van der Waals surface area contributed by atoms with E-state index in [-0.39, 0.29) is 5.56 Å². The molecule has 3 aromatic carbocycles. The molecule has 0 radical (unpaired) electrons. The van der Waals surface area contributed by atoms with Gasteiger partial charge in [-0.05, 0) is 30.2 Å². The molecule has 148 valence electrons. The standard InChI is InChI=1S/C24H18ClN3O2/c1-15-12-13-18(14-19(15)25)26-23(29)21-20(16-8-4-2-5-9-16)22(27-28-24(21)30)17-10-6-3-7-11-17/h2-14H,1H3,(H,26,29)(H,28,30). The van der Waals surface area contributed by atoms with E-state index in [9.17, 15) is 9.59 Å². The Labute approximate surface area is 178 Å². The molecule has 4 rings (SSSR count). The molecule has 5 nitrogen and oxygen atoms in total. The molecule has 1 amide bonds. The lowest BCUT2D eigenvalue weighted by atomic mass is 9.95. The van der Waals surface area contributed by atoms with Gasteiger partial charge in [0.2, 0.25) is 0 Å². The molecule has 0 spiro atoms. The van der Waals surface area contributed by atoms with E-state index in [1.54, 1.807) is 12.1 Å². The zero-order chi connectivity index (χ0) is 21.1. The van der Waals surface area contributed by atoms with Crippen molar-refractivity contribution in [2.24, 2.45) is 0 Å². The Morgan fingerprint density at radius 1 is 0.933 bits per heavy atom. The number of halogens is 1. The summed E-state index contributed by atoms with van der Waals surface area (Å²) in [4.78, 5) is 26.0. The molecule has 0 unspecified atom stereocenters. The van der Waals surface area contributed by atoms with Crippen molar-refractivity contribution in [1.82, 2.24) is 10.2 Å². The third-order valence-corrected chi connectivity index (χ3v) is 5.16. The van der Waals surface area contributed by atoms with Gasteiger partial charge >= 0.3 is 0 Å². The lowest BCUT2D eigenvalue weighted by Crippen LogP contribution is -2.26. The molecule has 0 saturated carbocycles. The first-order valence-electron chi connectivity index (χ1n) is 9.35. The summed E-state index contributed by atoms with van der Waals surface area (Å²) < 4.78 is 0. The van der Waals surface area contributed by atoms with E-state index in [4.69, 9.17) is 11.6 Å². The van der Waals surface area contributed by atoms with Crippen molar-refractivity contribution in [3.05, 3.63) is 105 Å². The Kier molecular flexibility index (Phi) is 5.46. The molecule has 0 atom stereocenters. The van der Waals surface area contributed by atoms with Crippen LogP contribution in [0.25, 0.3) is 22.4 Å². The number of carbonyl (C=O) groups excluding carboxylic acids is 1. The molecule has 0 fully saturated rings. The molecule has 2 N–H and O–H groups in total. The second kappa shape index (κ2) is 8.35. The van der Waals surface area contributed by atoms with E-state index in [0.717, 1.165) is 16.7 Å². The summed E-state index contributed by atoms with van der Waals surface area (Å²) in [7, 11) is 0. The van der Waals surface area contributed by atoms with Crippen LogP contribution in [0.2, 0.25) is 5.02 Å². The van der Waals surface area contributed by atoms with Crippen LogP contribution in [0, 0.1) is 6.92 Å². The van der Waals surface area contributed by atoms with Crippen molar-refractivity contribution in [2.75, 3.05) is 5.32 Å². The first kappa shape index (κ1) is 19.6. The summed E-state index contributed by atoms with van der Waals surface area (Å²) >= 11 is 6.18. The molecule has 4 aromatic rings. The number of amides is 1. The monoisotopic (exact) mass is 415 g/mol. The number of hydrogen-bond donors (Lipinski definition) is 2. The van der Waals surface area contributed by atoms with Crippen LogP contribution in [0.15, 0.2) is 83.7 Å². The normalized spacial score (nSPS) is 10.6. The average molecular weight is 416 g/mol. The van der Waals surface area contributed by atoms with Crippen molar-refractivity contribution in [1.29, 1.82) is 0 Å². The fourth-order valence-electron chi connectivity index (χ4n) is 3.22. The molecule has 0 aliphatic heterocycles. The van der Waals surface area contributed by atoms with E-state index in [0.29, 0.717) is 22.0 Å². The third kappa shape index (κ3) is 3.88. The second-order valence-electron chi connectivity index (χ2n) is 6.80. The zero-order valence-corrected chi connectivity index (χ0v) is 16.9. The van der Waals surface area contributed by atoms with Gasteiger partial charge in [-0.3, -0.25) is 9.59 Å². The highest BCUT2D eigenvalue weighted by Gasteiger charge is 2.23. The van der Waals surface area contributed by atoms with Crippen LogP contribution in [-0.2, 0) is 0 Å². The minimum absolute atomic E-state index is 0.00764. The first-order valence-corrected chi connectivity index (χ1v) is 9.73. The molecule has 30 heavy (non-hydrogen) atoms. The van der Waals surface area contributed by atoms with Crippen LogP contribution in [0.5, 0.6) is 0 Å². The van der Waals surface area contributed by atoms with Gasteiger partial charge in [-0.25, -0.2) is 5.10 Å². The van der Waals surface area contributed by atoms with Gasteiger partial charge in [-0.15, -0.1) is 0 Å². The highest BCUT2D eigenvalue weighted by Crippen LogP contribution is 2.32. The topological polar surface area (TPSA) is 74.8 Å². The van der Waals surface area contributed by atoms with Crippen LogP contribution < -0.4 is 10.9 Å². The van der Waals surface area contributed by atoms with Gasteiger partial charge in [-0.2, -0.15) is 5.10 Å². The highest BCUT2D eigenvalue weighted by atomic mass is 35.5. The van der Waals surface area contributed by atoms with E-state index >= 15 is 0 Å². The third-order valence-electron chi connectivity index (χ3n) is 4.75. The number of anilines is 1. The summed E-state index contributed by atoms with van der Waals surface area (Å²) in [5.41, 5.74) is 3.34. The molecule has 0 bridgehead atoms. The number of hydrogen-bond acceptors (Lipinski definition) is 3. The quantitative estimate of drug-likeness (QED) is 0.473. The fraction of sp³-hybridized carbons (Fsp3) is 0.0417. The van der Waals surface area contributed by atoms with E-state index in [2.05, 4.69) is 15.5 Å². The maximum absolute atomic E-state index is 13.2. The second-order valence-corrected chi connectivity index (χ2v) is 7.21. The van der Waals surface area contributed by atoms with Crippen LogP contribution in [-0.4, -0.2) is 16.1 Å². The van der Waals surface area contributed by atoms with Gasteiger partial charge in [0.1, 0.15) is 5.56 Å². The van der Waals surface area contributed by atoms with Crippen molar-refractivity contribution in [3.8, 4) is 22.4 Å². The Hall–Kier alpha value is -3.70. The van der Waals surface area contributed by atoms with E-state index < -0.39 is 11.5 Å². The maximum atomic E-state index is 13.2. The molecule has 1 aromatic heterocycles. The van der Waals surface area contributed by atoms with E-state index in [1.165, 1.54) is 0 Å². The number of nitrogens with one attached hydrogen (secondary N) is 2. The smallest absolute Gasteiger partial charge is 0.277 e. The summed E-state index contributed by atoms with van der Waals surface area (Å²) in [6.45, 7) is 1.88. The molecule has 0 aliphatic carbocycles. The van der Waals surface area contributed by atoms with Crippen molar-refractivity contribution in [2.45, 2.75) is 6.92 Å². The predicted octanol–water partition coefficient (Wildman–Crippen LogP) is 5.32. The maximum Gasteiger partial charge on any atom is 0.277 e. The number of benzene rings is 3. The van der Waals surface area contributed by atoms with Gasteiger partial charge in [0.15, 0.2) is 0 Å². The van der Waals surface area contributed by atoms with Gasteiger partial charge in [0.05, 0.1) is 5.69 Å². The van der Waals surface area contributed by atoms with Crippen molar-refractivity contribution in [3.63, 3.8) is 0 Å². The largest absolute Gasteiger partial charge is 0.322 e. The van der Waals surface area contributed by atoms with E-state index in [1.807, 2.05) is 73.7 Å². The number of aryl methyl sites for hydroxylation is 1. The molecular weight excluding hydrogens is 398 g/mol. The van der Waals surface area contributed by atoms with Crippen LogP contribution >= 0.6 is 11.6 Å². The lowest BCUT2D eigenvalue weighted by molar-refractivity contribution is 0.102. The molecular formula is C24H18ClN3O2. The van der Waals surface area contributed by atoms with Crippen LogP contribution in [0.3, 0.4) is 0 Å². The SMILES string of the molecule is Cc1ccc(NC(=O)c2c(-c3ccccc3)c(-c3ccccc3)n[nH]c2=O)cc1Cl. The number of aromatic amines is 1. The van der Waals surface area contributed by atoms with Crippen molar-refractivity contribution < 1.29 is 4.79 Å². The first-order chi connectivity index (χ1) is 14.5. The van der Waals surface area contributed by atoms with Crippen LogP contribution in [0.1, 0.15) is 15.9 Å². The Bertz CT molecular complexity index is 1270. The minimum Gasteiger partial charge on any atom is -0.322 e. The average Bonchev–Trinajstić information content (AvgIpc) is 2.77. The van der Waals surface area contributed by atoms with Gasteiger partial charge in [0.25, 0.3) is 11.5 Å². The van der Waals surface area contributed by atoms with Crippen LogP contribution in [0.4, 0.5) is 5.69 Å². The molecule has 6 heteroatoms. The van der Waals surface area contributed by atoms with Crippen molar-refractivity contribution >= 4 is 23.2 Å². The Morgan fingerprint density at radius 3 is 2.20 bits per heavy atom.